The van der Waals surface area contributed by atoms with Gasteiger partial charge in [0, 0.05) is 38.5 Å². The van der Waals surface area contributed by atoms with Gasteiger partial charge >= 0.3 is 0 Å². The average molecular weight is 267 g/mol. The van der Waals surface area contributed by atoms with Gasteiger partial charge in [0.25, 0.3) is 0 Å². The number of hydrogen-bond acceptors (Lipinski definition) is 6. The lowest BCUT2D eigenvalue weighted by Crippen LogP contribution is -2.50. The van der Waals surface area contributed by atoms with Gasteiger partial charge in [0.05, 0.1) is 0 Å². The van der Waals surface area contributed by atoms with Gasteiger partial charge < -0.3 is 20.1 Å². The number of nitrogens with two attached hydrogens (primary N) is 1. The van der Waals surface area contributed by atoms with E-state index in [4.69, 9.17) is 10.3 Å². The quantitative estimate of drug-likeness (QED) is 0.809. The largest absolute Gasteiger partial charge is 0.339 e. The molecule has 0 radical (unpaired) electrons. The molecule has 6 heteroatoms. The summed E-state index contributed by atoms with van der Waals surface area (Å²) in [6.45, 7) is 6.01. The van der Waals surface area contributed by atoms with Gasteiger partial charge in [-0.05, 0) is 26.6 Å². The molecule has 1 aliphatic rings. The Bertz CT molecular complexity index is 394. The number of aromatic nitrogens is 2. The van der Waals surface area contributed by atoms with Gasteiger partial charge in [-0.3, -0.25) is 0 Å². The third kappa shape index (κ3) is 3.99. The maximum atomic E-state index is 5.61. The van der Waals surface area contributed by atoms with Crippen LogP contribution in [0.5, 0.6) is 0 Å². The molecule has 1 saturated heterocycles. The maximum absolute atomic E-state index is 5.61. The topological polar surface area (TPSA) is 71.4 Å². The van der Waals surface area contributed by atoms with Crippen LogP contribution in [0.2, 0.25) is 0 Å². The van der Waals surface area contributed by atoms with Gasteiger partial charge in [0.1, 0.15) is 0 Å². The molecule has 2 N–H and O–H groups in total. The summed E-state index contributed by atoms with van der Waals surface area (Å²) < 4.78 is 5.29. The summed E-state index contributed by atoms with van der Waals surface area (Å²) >= 11 is 0. The van der Waals surface area contributed by atoms with E-state index in [9.17, 15) is 0 Å². The molecule has 19 heavy (non-hydrogen) atoms. The van der Waals surface area contributed by atoms with Crippen LogP contribution in [0.15, 0.2) is 4.52 Å². The summed E-state index contributed by atoms with van der Waals surface area (Å²) in [6, 6.07) is 0.469. The number of nitrogens with zero attached hydrogens (tertiary/aromatic N) is 4. The summed E-state index contributed by atoms with van der Waals surface area (Å²) in [5, 5.41) is 4.09. The summed E-state index contributed by atoms with van der Waals surface area (Å²) in [4.78, 5) is 9.20. The summed E-state index contributed by atoms with van der Waals surface area (Å²) in [6.07, 6.45) is 1.62. The van der Waals surface area contributed by atoms with E-state index < -0.39 is 0 Å². The first-order valence-electron chi connectivity index (χ1n) is 6.98. The van der Waals surface area contributed by atoms with Crippen LogP contribution < -0.4 is 5.73 Å². The second-order valence-electron chi connectivity index (χ2n) is 5.75. The molecule has 2 atom stereocenters. The molecular formula is C13H25N5O. The number of piperazine rings is 1. The van der Waals surface area contributed by atoms with Crippen molar-refractivity contribution in [2.75, 3.05) is 40.3 Å². The van der Waals surface area contributed by atoms with Crippen molar-refractivity contribution in [1.82, 2.24) is 19.9 Å². The van der Waals surface area contributed by atoms with Gasteiger partial charge in [-0.2, -0.15) is 4.98 Å². The van der Waals surface area contributed by atoms with Gasteiger partial charge in [-0.1, -0.05) is 12.1 Å². The Balaban J connectivity index is 1.91. The van der Waals surface area contributed by atoms with Crippen LogP contribution in [-0.4, -0.2) is 66.3 Å². The molecule has 0 amide bonds. The zero-order valence-electron chi connectivity index (χ0n) is 12.2. The molecular weight excluding hydrogens is 242 g/mol. The minimum absolute atomic E-state index is 0.386. The van der Waals surface area contributed by atoms with Crippen LogP contribution >= 0.6 is 0 Å². The van der Waals surface area contributed by atoms with E-state index in [1.165, 1.54) is 0 Å². The molecule has 0 saturated carbocycles. The van der Waals surface area contributed by atoms with Crippen molar-refractivity contribution < 1.29 is 4.52 Å². The van der Waals surface area contributed by atoms with Gasteiger partial charge in [-0.15, -0.1) is 0 Å². The van der Waals surface area contributed by atoms with Crippen molar-refractivity contribution in [2.45, 2.75) is 25.8 Å². The van der Waals surface area contributed by atoms with Crippen molar-refractivity contribution in [1.29, 1.82) is 0 Å². The Hall–Kier alpha value is -0.980. The molecule has 108 valence electrons. The van der Waals surface area contributed by atoms with Crippen molar-refractivity contribution in [3.8, 4) is 0 Å². The Morgan fingerprint density at radius 2 is 2.21 bits per heavy atom. The predicted molar refractivity (Wildman–Crippen MR) is 73.8 cm³/mol. The first-order valence-corrected chi connectivity index (χ1v) is 6.98. The molecule has 2 rings (SSSR count). The third-order valence-electron chi connectivity index (χ3n) is 3.83. The molecule has 2 heterocycles. The molecule has 0 aromatic carbocycles. The molecule has 1 aromatic rings. The van der Waals surface area contributed by atoms with E-state index in [1.54, 1.807) is 0 Å². The van der Waals surface area contributed by atoms with Crippen molar-refractivity contribution in [3.05, 3.63) is 11.7 Å². The van der Waals surface area contributed by atoms with E-state index in [0.717, 1.165) is 38.3 Å². The summed E-state index contributed by atoms with van der Waals surface area (Å²) in [5.41, 5.74) is 5.61. The van der Waals surface area contributed by atoms with Gasteiger partial charge in [0.15, 0.2) is 5.82 Å². The molecule has 0 aliphatic carbocycles. The Labute approximate surface area is 114 Å². The van der Waals surface area contributed by atoms with E-state index in [2.05, 4.69) is 41.0 Å². The Morgan fingerprint density at radius 1 is 1.42 bits per heavy atom. The zero-order valence-corrected chi connectivity index (χ0v) is 12.2. The van der Waals surface area contributed by atoms with Gasteiger partial charge in [0.2, 0.25) is 5.89 Å². The third-order valence-corrected chi connectivity index (χ3v) is 3.83. The molecule has 6 nitrogen and oxygen atoms in total. The van der Waals surface area contributed by atoms with E-state index in [0.29, 0.717) is 24.4 Å². The fourth-order valence-corrected chi connectivity index (χ4v) is 2.37. The second kappa shape index (κ2) is 6.45. The lowest BCUT2D eigenvalue weighted by molar-refractivity contribution is 0.113. The Morgan fingerprint density at radius 3 is 2.95 bits per heavy atom. The first-order chi connectivity index (χ1) is 9.08. The monoisotopic (exact) mass is 267 g/mol. The SMILES string of the molecule is CC(CN)Cc1nc(CC2CN(C)CCN2C)no1. The zero-order chi connectivity index (χ0) is 13.8. The second-order valence-corrected chi connectivity index (χ2v) is 5.75. The summed E-state index contributed by atoms with van der Waals surface area (Å²) in [7, 11) is 4.32. The molecule has 0 bridgehead atoms. The van der Waals surface area contributed by atoms with Crippen molar-refractivity contribution >= 4 is 0 Å². The van der Waals surface area contributed by atoms with Crippen LogP contribution in [-0.2, 0) is 12.8 Å². The molecule has 0 spiro atoms. The van der Waals surface area contributed by atoms with Gasteiger partial charge in [-0.25, -0.2) is 0 Å². The van der Waals surface area contributed by atoms with Crippen LogP contribution in [0.25, 0.3) is 0 Å². The minimum Gasteiger partial charge on any atom is -0.339 e. The molecule has 1 aromatic heterocycles. The fraction of sp³-hybridized carbons (Fsp3) is 0.846. The van der Waals surface area contributed by atoms with E-state index >= 15 is 0 Å². The lowest BCUT2D eigenvalue weighted by atomic mass is 10.1. The lowest BCUT2D eigenvalue weighted by Gasteiger charge is -2.37. The highest BCUT2D eigenvalue weighted by Gasteiger charge is 2.24. The number of hydrogen-bond donors (Lipinski definition) is 1. The standard InChI is InChI=1S/C13H25N5O/c1-10(8-14)6-13-15-12(16-19-13)7-11-9-17(2)4-5-18(11)3/h10-11H,4-9,14H2,1-3H3. The highest BCUT2D eigenvalue weighted by Crippen LogP contribution is 2.12. The fourth-order valence-electron chi connectivity index (χ4n) is 2.37. The van der Waals surface area contributed by atoms with Crippen molar-refractivity contribution in [2.24, 2.45) is 11.7 Å². The van der Waals surface area contributed by atoms with Crippen LogP contribution in [0.3, 0.4) is 0 Å². The van der Waals surface area contributed by atoms with E-state index in [1.807, 2.05) is 0 Å². The van der Waals surface area contributed by atoms with Crippen LogP contribution in [0.4, 0.5) is 0 Å². The molecule has 2 unspecified atom stereocenters. The predicted octanol–water partition coefficient (Wildman–Crippen LogP) is -0.00480. The highest BCUT2D eigenvalue weighted by atomic mass is 16.5. The summed E-state index contributed by atoms with van der Waals surface area (Å²) in [5.74, 6) is 1.91. The number of rotatable bonds is 5. The Kier molecular flexibility index (Phi) is 4.90. The molecule has 1 aliphatic heterocycles. The normalized spacial score (nSPS) is 23.7. The minimum atomic E-state index is 0.386. The van der Waals surface area contributed by atoms with E-state index in [-0.39, 0.29) is 0 Å². The maximum Gasteiger partial charge on any atom is 0.226 e. The highest BCUT2D eigenvalue weighted by molar-refractivity contribution is 4.93. The molecule has 1 fully saturated rings. The van der Waals surface area contributed by atoms with Crippen LogP contribution in [0, 0.1) is 5.92 Å². The van der Waals surface area contributed by atoms with Crippen LogP contribution in [0.1, 0.15) is 18.6 Å². The first kappa shape index (κ1) is 14.4. The van der Waals surface area contributed by atoms with Crippen molar-refractivity contribution in [3.63, 3.8) is 0 Å². The average Bonchev–Trinajstić information content (AvgIpc) is 2.81. The number of likely N-dealkylation sites (N-methyl/N-ethyl adjacent to an activating group) is 2. The smallest absolute Gasteiger partial charge is 0.226 e.